The highest BCUT2D eigenvalue weighted by molar-refractivity contribution is 6.32. The first-order valence-corrected chi connectivity index (χ1v) is 7.15. The van der Waals surface area contributed by atoms with Crippen LogP contribution in [-0.4, -0.2) is 22.3 Å². The van der Waals surface area contributed by atoms with Crippen LogP contribution in [0.4, 0.5) is 17.5 Å². The molecule has 1 aromatic heterocycles. The monoisotopic (exact) mass is 302 g/mol. The zero-order valence-electron chi connectivity index (χ0n) is 11.5. The first-order chi connectivity index (χ1) is 10.2. The van der Waals surface area contributed by atoms with Crippen LogP contribution in [0, 0.1) is 5.92 Å². The molecule has 0 saturated heterocycles. The number of carbonyl (C=O) groups excluding carboxylic acids is 1. The topological polar surface area (TPSA) is 66.9 Å². The molecule has 0 aliphatic heterocycles. The molecule has 0 bridgehead atoms. The van der Waals surface area contributed by atoms with Gasteiger partial charge >= 0.3 is 0 Å². The SMILES string of the molecule is CC1CC1Nc1nc(Nc2cccc(C=O)c2)ncc1Cl. The molecule has 1 aromatic carbocycles. The molecule has 5 nitrogen and oxygen atoms in total. The quantitative estimate of drug-likeness (QED) is 0.827. The fourth-order valence-electron chi connectivity index (χ4n) is 2.05. The highest BCUT2D eigenvalue weighted by atomic mass is 35.5. The van der Waals surface area contributed by atoms with Crippen LogP contribution < -0.4 is 10.6 Å². The Morgan fingerprint density at radius 3 is 2.95 bits per heavy atom. The Morgan fingerprint density at radius 2 is 2.24 bits per heavy atom. The van der Waals surface area contributed by atoms with Gasteiger partial charge in [-0.05, 0) is 24.5 Å². The van der Waals surface area contributed by atoms with Gasteiger partial charge in [-0.3, -0.25) is 4.79 Å². The summed E-state index contributed by atoms with van der Waals surface area (Å²) in [6, 6.07) is 7.56. The van der Waals surface area contributed by atoms with Crippen LogP contribution in [0.5, 0.6) is 0 Å². The molecule has 0 amide bonds. The number of rotatable bonds is 5. The van der Waals surface area contributed by atoms with Gasteiger partial charge in [0.2, 0.25) is 5.95 Å². The van der Waals surface area contributed by atoms with E-state index in [4.69, 9.17) is 11.6 Å². The molecule has 108 valence electrons. The van der Waals surface area contributed by atoms with Gasteiger partial charge in [-0.25, -0.2) is 4.98 Å². The molecule has 21 heavy (non-hydrogen) atoms. The highest BCUT2D eigenvalue weighted by Crippen LogP contribution is 2.34. The molecule has 1 saturated carbocycles. The van der Waals surface area contributed by atoms with Gasteiger partial charge in [-0.15, -0.1) is 0 Å². The minimum Gasteiger partial charge on any atom is -0.366 e. The number of aromatic nitrogens is 2. The van der Waals surface area contributed by atoms with E-state index in [0.717, 1.165) is 18.4 Å². The number of anilines is 3. The van der Waals surface area contributed by atoms with Gasteiger partial charge in [0.15, 0.2) is 5.82 Å². The van der Waals surface area contributed by atoms with Crippen molar-refractivity contribution in [3.05, 3.63) is 41.0 Å². The van der Waals surface area contributed by atoms with Crippen molar-refractivity contribution in [1.29, 1.82) is 0 Å². The Bertz CT molecular complexity index is 676. The number of hydrogen-bond donors (Lipinski definition) is 2. The second-order valence-corrected chi connectivity index (χ2v) is 5.63. The number of benzene rings is 1. The molecular formula is C15H15ClN4O. The maximum Gasteiger partial charge on any atom is 0.229 e. The molecule has 0 spiro atoms. The van der Waals surface area contributed by atoms with E-state index in [1.807, 2.05) is 6.07 Å². The molecule has 0 radical (unpaired) electrons. The van der Waals surface area contributed by atoms with Gasteiger partial charge in [-0.1, -0.05) is 30.7 Å². The summed E-state index contributed by atoms with van der Waals surface area (Å²) in [4.78, 5) is 19.3. The lowest BCUT2D eigenvalue weighted by atomic mass is 10.2. The molecule has 1 aliphatic rings. The summed E-state index contributed by atoms with van der Waals surface area (Å²) >= 11 is 6.10. The van der Waals surface area contributed by atoms with Crippen molar-refractivity contribution in [2.75, 3.05) is 10.6 Å². The van der Waals surface area contributed by atoms with Crippen molar-refractivity contribution < 1.29 is 4.79 Å². The fourth-order valence-corrected chi connectivity index (χ4v) is 2.19. The average Bonchev–Trinajstić information content (AvgIpc) is 3.18. The summed E-state index contributed by atoms with van der Waals surface area (Å²) in [7, 11) is 0. The number of aldehydes is 1. The van der Waals surface area contributed by atoms with Crippen LogP contribution in [0.3, 0.4) is 0 Å². The summed E-state index contributed by atoms with van der Waals surface area (Å²) in [5.74, 6) is 1.73. The number of nitrogens with one attached hydrogen (secondary N) is 2. The molecule has 1 heterocycles. The van der Waals surface area contributed by atoms with E-state index >= 15 is 0 Å². The lowest BCUT2D eigenvalue weighted by Gasteiger charge is -2.10. The van der Waals surface area contributed by atoms with E-state index in [1.165, 1.54) is 0 Å². The van der Waals surface area contributed by atoms with Gasteiger partial charge in [-0.2, -0.15) is 4.98 Å². The van der Waals surface area contributed by atoms with Gasteiger partial charge < -0.3 is 10.6 Å². The van der Waals surface area contributed by atoms with E-state index in [-0.39, 0.29) is 0 Å². The van der Waals surface area contributed by atoms with E-state index in [1.54, 1.807) is 24.4 Å². The molecule has 1 fully saturated rings. The summed E-state index contributed by atoms with van der Waals surface area (Å²) in [6.07, 6.45) is 3.50. The van der Waals surface area contributed by atoms with Crippen LogP contribution in [0.25, 0.3) is 0 Å². The standard InChI is InChI=1S/C15H15ClN4O/c1-9-5-13(9)19-14-12(16)7-17-15(20-14)18-11-4-2-3-10(6-11)8-21/h2-4,6-9,13H,5H2,1H3,(H2,17,18,19,20). The summed E-state index contributed by atoms with van der Waals surface area (Å²) in [6.45, 7) is 2.18. The summed E-state index contributed by atoms with van der Waals surface area (Å²) in [5, 5.41) is 6.88. The van der Waals surface area contributed by atoms with Crippen LogP contribution >= 0.6 is 11.6 Å². The number of hydrogen-bond acceptors (Lipinski definition) is 5. The van der Waals surface area contributed by atoms with E-state index in [9.17, 15) is 4.79 Å². The zero-order valence-corrected chi connectivity index (χ0v) is 12.3. The second kappa shape index (κ2) is 5.69. The van der Waals surface area contributed by atoms with E-state index in [0.29, 0.717) is 34.3 Å². The molecule has 3 rings (SSSR count). The molecule has 1 aliphatic carbocycles. The Balaban J connectivity index is 1.78. The third kappa shape index (κ3) is 3.31. The maximum atomic E-state index is 10.8. The lowest BCUT2D eigenvalue weighted by Crippen LogP contribution is -2.08. The molecule has 2 aromatic rings. The predicted octanol–water partition coefficient (Wildman–Crippen LogP) is 3.51. The molecule has 2 unspecified atom stereocenters. The van der Waals surface area contributed by atoms with Crippen molar-refractivity contribution in [3.8, 4) is 0 Å². The van der Waals surface area contributed by atoms with Gasteiger partial charge in [0.1, 0.15) is 11.3 Å². The van der Waals surface area contributed by atoms with Crippen LogP contribution in [0.2, 0.25) is 5.02 Å². The third-order valence-corrected chi connectivity index (χ3v) is 3.73. The number of carbonyl (C=O) groups is 1. The van der Waals surface area contributed by atoms with Crippen molar-refractivity contribution in [2.24, 2.45) is 5.92 Å². The maximum absolute atomic E-state index is 10.8. The van der Waals surface area contributed by atoms with Crippen LogP contribution in [-0.2, 0) is 0 Å². The average molecular weight is 303 g/mol. The normalized spacial score (nSPS) is 19.9. The molecule has 2 atom stereocenters. The van der Waals surface area contributed by atoms with Gasteiger partial charge in [0.05, 0.1) is 6.20 Å². The van der Waals surface area contributed by atoms with E-state index < -0.39 is 0 Å². The Morgan fingerprint density at radius 1 is 1.43 bits per heavy atom. The fraction of sp³-hybridized carbons (Fsp3) is 0.267. The summed E-state index contributed by atoms with van der Waals surface area (Å²) < 4.78 is 0. The van der Waals surface area contributed by atoms with E-state index in [2.05, 4.69) is 27.5 Å². The summed E-state index contributed by atoms with van der Waals surface area (Å²) in [5.41, 5.74) is 1.35. The molecule has 6 heteroatoms. The van der Waals surface area contributed by atoms with Crippen molar-refractivity contribution in [1.82, 2.24) is 9.97 Å². The number of halogens is 1. The van der Waals surface area contributed by atoms with Crippen molar-refractivity contribution in [3.63, 3.8) is 0 Å². The highest BCUT2D eigenvalue weighted by Gasteiger charge is 2.33. The van der Waals surface area contributed by atoms with Crippen LogP contribution in [0.1, 0.15) is 23.7 Å². The lowest BCUT2D eigenvalue weighted by molar-refractivity contribution is 0.112. The third-order valence-electron chi connectivity index (χ3n) is 3.45. The number of nitrogens with zero attached hydrogens (tertiary/aromatic N) is 2. The Labute approximate surface area is 127 Å². The second-order valence-electron chi connectivity index (χ2n) is 5.22. The smallest absolute Gasteiger partial charge is 0.229 e. The van der Waals surface area contributed by atoms with Gasteiger partial charge in [0, 0.05) is 17.3 Å². The van der Waals surface area contributed by atoms with Gasteiger partial charge in [0.25, 0.3) is 0 Å². The Hall–Kier alpha value is -2.14. The largest absolute Gasteiger partial charge is 0.366 e. The zero-order chi connectivity index (χ0) is 14.8. The Kier molecular flexibility index (Phi) is 3.75. The first kappa shape index (κ1) is 13.8. The minimum atomic E-state index is 0.434. The van der Waals surface area contributed by atoms with Crippen molar-refractivity contribution in [2.45, 2.75) is 19.4 Å². The van der Waals surface area contributed by atoms with Crippen molar-refractivity contribution >= 4 is 35.3 Å². The minimum absolute atomic E-state index is 0.434. The molecular weight excluding hydrogens is 288 g/mol. The first-order valence-electron chi connectivity index (χ1n) is 6.77. The molecule has 2 N–H and O–H groups in total. The van der Waals surface area contributed by atoms with Crippen LogP contribution in [0.15, 0.2) is 30.5 Å². The predicted molar refractivity (Wildman–Crippen MR) is 83.3 cm³/mol.